The first kappa shape index (κ1) is 14.2. The molecule has 0 bridgehead atoms. The molecule has 0 atom stereocenters. The van der Waals surface area contributed by atoms with Gasteiger partial charge < -0.3 is 15.0 Å². The SMILES string of the molecule is COc1ccc2[nH]cc(C(=O)NCCc3ccccc3)c2c1. The van der Waals surface area contributed by atoms with E-state index in [0.29, 0.717) is 12.1 Å². The van der Waals surface area contributed by atoms with Gasteiger partial charge in [0.2, 0.25) is 0 Å². The first-order chi connectivity index (χ1) is 10.8. The van der Waals surface area contributed by atoms with Gasteiger partial charge in [-0.1, -0.05) is 30.3 Å². The predicted molar refractivity (Wildman–Crippen MR) is 87.3 cm³/mol. The molecule has 0 aliphatic carbocycles. The van der Waals surface area contributed by atoms with E-state index in [0.717, 1.165) is 23.1 Å². The lowest BCUT2D eigenvalue weighted by Gasteiger charge is -2.05. The first-order valence-electron chi connectivity index (χ1n) is 7.25. The molecule has 1 amide bonds. The second kappa shape index (κ2) is 6.35. The van der Waals surface area contributed by atoms with E-state index in [4.69, 9.17) is 4.74 Å². The summed E-state index contributed by atoms with van der Waals surface area (Å²) in [5, 5.41) is 3.84. The van der Waals surface area contributed by atoms with Gasteiger partial charge in [-0.15, -0.1) is 0 Å². The van der Waals surface area contributed by atoms with Crippen molar-refractivity contribution in [3.63, 3.8) is 0 Å². The number of amides is 1. The van der Waals surface area contributed by atoms with Crippen LogP contribution in [-0.2, 0) is 6.42 Å². The molecule has 4 nitrogen and oxygen atoms in total. The van der Waals surface area contributed by atoms with Crippen molar-refractivity contribution >= 4 is 16.8 Å². The number of hydrogen-bond donors (Lipinski definition) is 2. The zero-order chi connectivity index (χ0) is 15.4. The molecular formula is C18H18N2O2. The van der Waals surface area contributed by atoms with Gasteiger partial charge in [-0.25, -0.2) is 0 Å². The van der Waals surface area contributed by atoms with E-state index < -0.39 is 0 Å². The van der Waals surface area contributed by atoms with Crippen LogP contribution >= 0.6 is 0 Å². The molecule has 0 fully saturated rings. The fourth-order valence-corrected chi connectivity index (χ4v) is 2.47. The zero-order valence-corrected chi connectivity index (χ0v) is 12.4. The Morgan fingerprint density at radius 1 is 1.18 bits per heavy atom. The summed E-state index contributed by atoms with van der Waals surface area (Å²) >= 11 is 0. The summed E-state index contributed by atoms with van der Waals surface area (Å²) in [5.41, 5.74) is 2.78. The number of hydrogen-bond acceptors (Lipinski definition) is 2. The summed E-state index contributed by atoms with van der Waals surface area (Å²) in [4.78, 5) is 15.4. The Bertz CT molecular complexity index is 778. The molecule has 3 aromatic rings. The predicted octanol–water partition coefficient (Wildman–Crippen LogP) is 3.15. The maximum atomic E-state index is 12.3. The van der Waals surface area contributed by atoms with Gasteiger partial charge in [0, 0.05) is 23.6 Å². The maximum Gasteiger partial charge on any atom is 0.253 e. The van der Waals surface area contributed by atoms with Gasteiger partial charge in [-0.05, 0) is 30.2 Å². The van der Waals surface area contributed by atoms with Crippen LogP contribution in [0, 0.1) is 0 Å². The number of ether oxygens (including phenoxy) is 1. The Hall–Kier alpha value is -2.75. The number of rotatable bonds is 5. The fourth-order valence-electron chi connectivity index (χ4n) is 2.47. The van der Waals surface area contributed by atoms with E-state index >= 15 is 0 Å². The summed E-state index contributed by atoms with van der Waals surface area (Å²) in [6.07, 6.45) is 2.56. The van der Waals surface area contributed by atoms with Crippen LogP contribution in [0.3, 0.4) is 0 Å². The molecule has 0 saturated heterocycles. The molecule has 22 heavy (non-hydrogen) atoms. The van der Waals surface area contributed by atoms with E-state index in [2.05, 4.69) is 22.4 Å². The van der Waals surface area contributed by atoms with E-state index in [9.17, 15) is 4.79 Å². The Kier molecular flexibility index (Phi) is 4.10. The van der Waals surface area contributed by atoms with Crippen LogP contribution in [0.4, 0.5) is 0 Å². The third-order valence-corrected chi connectivity index (χ3v) is 3.68. The highest BCUT2D eigenvalue weighted by Crippen LogP contribution is 2.23. The summed E-state index contributed by atoms with van der Waals surface area (Å²) in [6, 6.07) is 15.8. The molecule has 4 heteroatoms. The van der Waals surface area contributed by atoms with Crippen LogP contribution in [0.15, 0.2) is 54.7 Å². The summed E-state index contributed by atoms with van der Waals surface area (Å²) in [7, 11) is 1.62. The molecule has 0 unspecified atom stereocenters. The van der Waals surface area contributed by atoms with Crippen molar-refractivity contribution in [1.82, 2.24) is 10.3 Å². The third kappa shape index (κ3) is 2.96. The number of methoxy groups -OCH3 is 1. The van der Waals surface area contributed by atoms with E-state index in [1.54, 1.807) is 13.3 Å². The lowest BCUT2D eigenvalue weighted by Crippen LogP contribution is -2.25. The van der Waals surface area contributed by atoms with Gasteiger partial charge in [0.1, 0.15) is 5.75 Å². The lowest BCUT2D eigenvalue weighted by atomic mass is 10.1. The van der Waals surface area contributed by atoms with Gasteiger partial charge >= 0.3 is 0 Å². The second-order valence-corrected chi connectivity index (χ2v) is 5.11. The third-order valence-electron chi connectivity index (χ3n) is 3.68. The topological polar surface area (TPSA) is 54.1 Å². The van der Waals surface area contributed by atoms with Crippen molar-refractivity contribution in [1.29, 1.82) is 0 Å². The standard InChI is InChI=1S/C18H18N2O2/c1-22-14-7-8-17-15(11-14)16(12-20-17)18(21)19-10-9-13-5-3-2-4-6-13/h2-8,11-12,20H,9-10H2,1H3,(H,19,21). The molecule has 0 radical (unpaired) electrons. The van der Waals surface area contributed by atoms with E-state index in [1.165, 1.54) is 5.56 Å². The highest BCUT2D eigenvalue weighted by Gasteiger charge is 2.12. The molecule has 3 rings (SSSR count). The highest BCUT2D eigenvalue weighted by molar-refractivity contribution is 6.07. The number of fused-ring (bicyclic) bond motifs is 1. The average molecular weight is 294 g/mol. The molecular weight excluding hydrogens is 276 g/mol. The molecule has 0 aliphatic heterocycles. The van der Waals surface area contributed by atoms with Gasteiger partial charge in [-0.2, -0.15) is 0 Å². The van der Waals surface area contributed by atoms with Crippen molar-refractivity contribution in [2.45, 2.75) is 6.42 Å². The Morgan fingerprint density at radius 2 is 2.00 bits per heavy atom. The molecule has 0 saturated carbocycles. The van der Waals surface area contributed by atoms with Crippen LogP contribution in [0.25, 0.3) is 10.9 Å². The molecule has 1 aromatic heterocycles. The molecule has 2 N–H and O–H groups in total. The van der Waals surface area contributed by atoms with Gasteiger partial charge in [0.05, 0.1) is 12.7 Å². The monoisotopic (exact) mass is 294 g/mol. The second-order valence-electron chi connectivity index (χ2n) is 5.11. The number of benzene rings is 2. The molecule has 2 aromatic carbocycles. The minimum atomic E-state index is -0.0737. The largest absolute Gasteiger partial charge is 0.497 e. The van der Waals surface area contributed by atoms with Gasteiger partial charge in [-0.3, -0.25) is 4.79 Å². The van der Waals surface area contributed by atoms with Crippen LogP contribution in [-0.4, -0.2) is 24.5 Å². The first-order valence-corrected chi connectivity index (χ1v) is 7.25. The van der Waals surface area contributed by atoms with E-state index in [1.807, 2.05) is 36.4 Å². The van der Waals surface area contributed by atoms with Crippen LogP contribution in [0.5, 0.6) is 5.75 Å². The van der Waals surface area contributed by atoms with Gasteiger partial charge in [0.25, 0.3) is 5.91 Å². The molecule has 0 aliphatic rings. The number of H-pyrrole nitrogens is 1. The van der Waals surface area contributed by atoms with Crippen LogP contribution in [0.2, 0.25) is 0 Å². The summed E-state index contributed by atoms with van der Waals surface area (Å²) < 4.78 is 5.22. The fraction of sp³-hybridized carbons (Fsp3) is 0.167. The molecule has 1 heterocycles. The van der Waals surface area contributed by atoms with Crippen LogP contribution < -0.4 is 10.1 Å². The van der Waals surface area contributed by atoms with Crippen molar-refractivity contribution in [3.8, 4) is 5.75 Å². The number of carbonyl (C=O) groups is 1. The number of aromatic amines is 1. The van der Waals surface area contributed by atoms with Crippen LogP contribution in [0.1, 0.15) is 15.9 Å². The van der Waals surface area contributed by atoms with Crippen molar-refractivity contribution < 1.29 is 9.53 Å². The average Bonchev–Trinajstić information content (AvgIpc) is 2.98. The number of nitrogens with one attached hydrogen (secondary N) is 2. The van der Waals surface area contributed by atoms with E-state index in [-0.39, 0.29) is 5.91 Å². The van der Waals surface area contributed by atoms with Crippen molar-refractivity contribution in [3.05, 3.63) is 65.9 Å². The lowest BCUT2D eigenvalue weighted by molar-refractivity contribution is 0.0956. The zero-order valence-electron chi connectivity index (χ0n) is 12.4. The minimum Gasteiger partial charge on any atom is -0.497 e. The Labute approximate surface area is 129 Å². The number of carbonyl (C=O) groups excluding carboxylic acids is 1. The highest BCUT2D eigenvalue weighted by atomic mass is 16.5. The van der Waals surface area contributed by atoms with Crippen molar-refractivity contribution in [2.24, 2.45) is 0 Å². The molecule has 112 valence electrons. The number of aromatic nitrogens is 1. The maximum absolute atomic E-state index is 12.3. The van der Waals surface area contributed by atoms with Crippen molar-refractivity contribution in [2.75, 3.05) is 13.7 Å². The molecule has 0 spiro atoms. The summed E-state index contributed by atoms with van der Waals surface area (Å²) in [5.74, 6) is 0.667. The smallest absolute Gasteiger partial charge is 0.253 e. The quantitative estimate of drug-likeness (QED) is 0.759. The Balaban J connectivity index is 1.69. The normalized spacial score (nSPS) is 10.6. The summed E-state index contributed by atoms with van der Waals surface area (Å²) in [6.45, 7) is 0.611. The Morgan fingerprint density at radius 3 is 2.77 bits per heavy atom. The van der Waals surface area contributed by atoms with Gasteiger partial charge in [0.15, 0.2) is 0 Å². The minimum absolute atomic E-state index is 0.0737.